The maximum Gasteiger partial charge on any atom is 0.253 e. The number of hydrogen-bond acceptors (Lipinski definition) is 2. The van der Waals surface area contributed by atoms with Crippen molar-refractivity contribution < 1.29 is 4.79 Å². The Morgan fingerprint density at radius 1 is 1.04 bits per heavy atom. The topological polar surface area (TPSA) is 28.5 Å². The van der Waals surface area contributed by atoms with E-state index in [9.17, 15) is 4.79 Å². The van der Waals surface area contributed by atoms with Gasteiger partial charge in [-0.1, -0.05) is 37.1 Å². The van der Waals surface area contributed by atoms with Crippen molar-refractivity contribution in [2.75, 3.05) is 26.7 Å². The van der Waals surface area contributed by atoms with Crippen molar-refractivity contribution in [2.45, 2.75) is 51.1 Å². The molecule has 0 bridgehead atoms. The second kappa shape index (κ2) is 7.92. The van der Waals surface area contributed by atoms with Crippen molar-refractivity contribution in [3.05, 3.63) is 58.4 Å². The molecule has 5 heteroatoms. The van der Waals surface area contributed by atoms with Gasteiger partial charge in [-0.3, -0.25) is 9.69 Å². The van der Waals surface area contributed by atoms with Crippen LogP contribution in [-0.2, 0) is 18.5 Å². The van der Waals surface area contributed by atoms with Gasteiger partial charge in [-0.05, 0) is 62.6 Å². The summed E-state index contributed by atoms with van der Waals surface area (Å²) in [6.45, 7) is 5.70. The molecule has 2 aliphatic heterocycles. The Balaban J connectivity index is 1.46. The third kappa shape index (κ3) is 3.37. The Labute approximate surface area is 173 Å². The number of benzene rings is 1. The minimum Gasteiger partial charge on any atom is -0.338 e. The number of fused-ring (bicyclic) bond motifs is 2. The van der Waals surface area contributed by atoms with Gasteiger partial charge in [-0.25, -0.2) is 0 Å². The second-order valence-corrected chi connectivity index (χ2v) is 8.63. The standard InChI is InChI=1S/C23H30ClN3O/c1-3-4-5-18-6-8-19(9-7-18)22(28)26-14-12-23(13-15-26)20-10-11-21(24)27(20)17-16-25(23)2/h6-11H,3-5,12-17H2,1-2H3. The summed E-state index contributed by atoms with van der Waals surface area (Å²) in [6.07, 6.45) is 5.38. The smallest absolute Gasteiger partial charge is 0.253 e. The SMILES string of the molecule is CCCCc1ccc(C(=O)N2CCC3(CC2)c2ccc(Cl)n2CCN3C)cc1. The van der Waals surface area contributed by atoms with E-state index in [-0.39, 0.29) is 11.4 Å². The zero-order valence-electron chi connectivity index (χ0n) is 17.0. The van der Waals surface area contributed by atoms with Crippen LogP contribution >= 0.6 is 11.6 Å². The lowest BCUT2D eigenvalue weighted by Crippen LogP contribution is -2.56. The number of halogens is 1. The average Bonchev–Trinajstić information content (AvgIpc) is 3.11. The van der Waals surface area contributed by atoms with Crippen molar-refractivity contribution >= 4 is 17.5 Å². The summed E-state index contributed by atoms with van der Waals surface area (Å²) in [7, 11) is 2.21. The van der Waals surface area contributed by atoms with E-state index in [1.165, 1.54) is 24.1 Å². The number of aryl methyl sites for hydroxylation is 1. The van der Waals surface area contributed by atoms with Crippen LogP contribution in [0.4, 0.5) is 0 Å². The lowest BCUT2D eigenvalue weighted by molar-refractivity contribution is 0.0132. The van der Waals surface area contributed by atoms with Crippen LogP contribution in [0.25, 0.3) is 0 Å². The fraction of sp³-hybridized carbons (Fsp3) is 0.522. The number of likely N-dealkylation sites (N-methyl/N-ethyl adjacent to an activating group) is 1. The van der Waals surface area contributed by atoms with Gasteiger partial charge in [0.25, 0.3) is 5.91 Å². The van der Waals surface area contributed by atoms with E-state index in [2.05, 4.69) is 41.6 Å². The zero-order chi connectivity index (χ0) is 19.7. The molecule has 2 aliphatic rings. The molecular weight excluding hydrogens is 370 g/mol. The summed E-state index contributed by atoms with van der Waals surface area (Å²) in [5.74, 6) is 0.156. The van der Waals surface area contributed by atoms with Crippen molar-refractivity contribution in [1.82, 2.24) is 14.4 Å². The molecule has 3 heterocycles. The van der Waals surface area contributed by atoms with Gasteiger partial charge in [0, 0.05) is 37.4 Å². The molecule has 0 unspecified atom stereocenters. The Morgan fingerprint density at radius 2 is 1.75 bits per heavy atom. The molecule has 2 aromatic rings. The van der Waals surface area contributed by atoms with Crippen molar-refractivity contribution in [3.63, 3.8) is 0 Å². The Kier molecular flexibility index (Phi) is 5.52. The van der Waals surface area contributed by atoms with Gasteiger partial charge in [0.2, 0.25) is 0 Å². The fourth-order valence-electron chi connectivity index (χ4n) is 4.83. The highest BCUT2D eigenvalue weighted by molar-refractivity contribution is 6.29. The number of piperidine rings is 1. The van der Waals surface area contributed by atoms with Crippen LogP contribution in [-0.4, -0.2) is 47.0 Å². The minimum atomic E-state index is -0.00776. The fourth-order valence-corrected chi connectivity index (χ4v) is 5.07. The average molecular weight is 400 g/mol. The zero-order valence-corrected chi connectivity index (χ0v) is 17.7. The van der Waals surface area contributed by atoms with Gasteiger partial charge in [0.05, 0.1) is 5.54 Å². The molecule has 1 fully saturated rings. The molecule has 4 nitrogen and oxygen atoms in total. The maximum atomic E-state index is 13.0. The number of hydrogen-bond donors (Lipinski definition) is 0. The largest absolute Gasteiger partial charge is 0.338 e. The molecule has 28 heavy (non-hydrogen) atoms. The first-order valence-corrected chi connectivity index (χ1v) is 10.9. The molecule has 0 N–H and O–H groups in total. The lowest BCUT2D eigenvalue weighted by Gasteiger charge is -2.50. The number of carbonyl (C=O) groups excluding carboxylic acids is 1. The van der Waals surface area contributed by atoms with Crippen molar-refractivity contribution in [2.24, 2.45) is 0 Å². The van der Waals surface area contributed by atoms with Gasteiger partial charge in [-0.15, -0.1) is 0 Å². The first kappa shape index (κ1) is 19.5. The third-order valence-electron chi connectivity index (χ3n) is 6.69. The van der Waals surface area contributed by atoms with E-state index in [1.807, 2.05) is 23.1 Å². The molecule has 1 spiro atoms. The predicted octanol–water partition coefficient (Wildman–Crippen LogP) is 4.56. The van der Waals surface area contributed by atoms with E-state index in [0.29, 0.717) is 0 Å². The van der Waals surface area contributed by atoms with E-state index in [0.717, 1.165) is 56.2 Å². The monoisotopic (exact) mass is 399 g/mol. The number of carbonyl (C=O) groups is 1. The van der Waals surface area contributed by atoms with Gasteiger partial charge < -0.3 is 9.47 Å². The van der Waals surface area contributed by atoms with E-state index >= 15 is 0 Å². The lowest BCUT2D eigenvalue weighted by atomic mass is 9.81. The van der Waals surface area contributed by atoms with Crippen molar-refractivity contribution in [3.8, 4) is 0 Å². The molecule has 0 saturated carbocycles. The molecule has 0 atom stereocenters. The van der Waals surface area contributed by atoms with Crippen LogP contribution < -0.4 is 0 Å². The minimum absolute atomic E-state index is 0.00776. The maximum absolute atomic E-state index is 13.0. The molecule has 1 amide bonds. The molecule has 1 aromatic carbocycles. The van der Waals surface area contributed by atoms with Gasteiger partial charge in [0.1, 0.15) is 5.15 Å². The number of unbranched alkanes of at least 4 members (excludes halogenated alkanes) is 1. The van der Waals surface area contributed by atoms with Gasteiger partial charge in [-0.2, -0.15) is 0 Å². The van der Waals surface area contributed by atoms with Crippen LogP contribution in [0.1, 0.15) is 54.2 Å². The molecule has 0 radical (unpaired) electrons. The summed E-state index contributed by atoms with van der Waals surface area (Å²) in [5.41, 5.74) is 3.42. The molecule has 150 valence electrons. The Hall–Kier alpha value is -1.78. The normalized spacial score (nSPS) is 19.0. The summed E-state index contributed by atoms with van der Waals surface area (Å²) in [4.78, 5) is 17.5. The number of likely N-dealkylation sites (tertiary alicyclic amines) is 1. The summed E-state index contributed by atoms with van der Waals surface area (Å²) < 4.78 is 2.24. The molecule has 1 aromatic heterocycles. The quantitative estimate of drug-likeness (QED) is 0.753. The Bertz CT molecular complexity index is 834. The van der Waals surface area contributed by atoms with Crippen LogP contribution in [0.3, 0.4) is 0 Å². The second-order valence-electron chi connectivity index (χ2n) is 8.24. The van der Waals surface area contributed by atoms with E-state index in [4.69, 9.17) is 11.6 Å². The highest BCUT2D eigenvalue weighted by Crippen LogP contribution is 2.42. The number of aromatic nitrogens is 1. The Morgan fingerprint density at radius 3 is 2.43 bits per heavy atom. The number of nitrogens with zero attached hydrogens (tertiary/aromatic N) is 3. The summed E-state index contributed by atoms with van der Waals surface area (Å²) in [6, 6.07) is 12.4. The van der Waals surface area contributed by atoms with Crippen LogP contribution in [0.5, 0.6) is 0 Å². The first-order valence-electron chi connectivity index (χ1n) is 10.5. The van der Waals surface area contributed by atoms with Crippen molar-refractivity contribution in [1.29, 1.82) is 0 Å². The first-order chi connectivity index (χ1) is 13.5. The summed E-state index contributed by atoms with van der Waals surface area (Å²) in [5, 5.41) is 0.823. The van der Waals surface area contributed by atoms with Gasteiger partial charge in [0.15, 0.2) is 0 Å². The van der Waals surface area contributed by atoms with Gasteiger partial charge >= 0.3 is 0 Å². The van der Waals surface area contributed by atoms with E-state index < -0.39 is 0 Å². The van der Waals surface area contributed by atoms with Crippen LogP contribution in [0.15, 0.2) is 36.4 Å². The van der Waals surface area contributed by atoms with E-state index in [1.54, 1.807) is 0 Å². The predicted molar refractivity (Wildman–Crippen MR) is 114 cm³/mol. The molecule has 1 saturated heterocycles. The highest BCUT2D eigenvalue weighted by Gasteiger charge is 2.44. The number of amides is 1. The molecular formula is C23H30ClN3O. The molecule has 0 aliphatic carbocycles. The molecule has 4 rings (SSSR count). The highest BCUT2D eigenvalue weighted by atomic mass is 35.5. The third-order valence-corrected chi connectivity index (χ3v) is 7.02. The number of rotatable bonds is 4. The van der Waals surface area contributed by atoms with Crippen LogP contribution in [0.2, 0.25) is 5.15 Å². The van der Waals surface area contributed by atoms with Crippen LogP contribution in [0, 0.1) is 0 Å². The summed E-state index contributed by atoms with van der Waals surface area (Å²) >= 11 is 6.39.